The number of halogens is 1. The van der Waals surface area contributed by atoms with Crippen molar-refractivity contribution in [1.29, 1.82) is 0 Å². The molecule has 1 N–H and O–H groups in total. The van der Waals surface area contributed by atoms with Gasteiger partial charge in [-0.1, -0.05) is 31.0 Å². The molecule has 1 heterocycles. The number of aryl methyl sites for hydroxylation is 1. The van der Waals surface area contributed by atoms with Gasteiger partial charge in [0.05, 0.1) is 23.1 Å². The van der Waals surface area contributed by atoms with E-state index in [2.05, 4.69) is 12.2 Å². The van der Waals surface area contributed by atoms with E-state index >= 15 is 0 Å². The second-order valence-electron chi connectivity index (χ2n) is 5.00. The molecule has 1 aromatic carbocycles. The fourth-order valence-corrected chi connectivity index (χ4v) is 2.51. The predicted octanol–water partition coefficient (Wildman–Crippen LogP) is 3.23. The Bertz CT molecular complexity index is 473. The van der Waals surface area contributed by atoms with E-state index in [1.54, 1.807) is 6.07 Å². The molecule has 1 aliphatic rings. The van der Waals surface area contributed by atoms with Crippen LogP contribution in [0.4, 0.5) is 0 Å². The zero-order valence-electron chi connectivity index (χ0n) is 11.5. The maximum atomic E-state index is 12.5. The van der Waals surface area contributed by atoms with Gasteiger partial charge in [-0.05, 0) is 31.5 Å². The van der Waals surface area contributed by atoms with Crippen molar-refractivity contribution in [3.05, 3.63) is 28.3 Å². The smallest absolute Gasteiger partial charge is 0.174 e. The summed E-state index contributed by atoms with van der Waals surface area (Å²) in [6.07, 6.45) is 2.28. The van der Waals surface area contributed by atoms with Gasteiger partial charge in [-0.15, -0.1) is 0 Å². The first-order valence-electron chi connectivity index (χ1n) is 6.82. The molecule has 3 nitrogen and oxygen atoms in total. The Morgan fingerprint density at radius 2 is 2.26 bits per heavy atom. The van der Waals surface area contributed by atoms with E-state index < -0.39 is 0 Å². The minimum atomic E-state index is -0.110. The molecule has 0 aromatic heterocycles. The molecular weight excluding hydrogens is 262 g/mol. The Morgan fingerprint density at radius 3 is 3.00 bits per heavy atom. The van der Waals surface area contributed by atoms with Gasteiger partial charge in [0.15, 0.2) is 5.78 Å². The minimum Gasteiger partial charge on any atom is -0.490 e. The molecule has 1 aromatic rings. The minimum absolute atomic E-state index is 0.110. The van der Waals surface area contributed by atoms with Crippen molar-refractivity contribution in [3.8, 4) is 5.75 Å². The number of hydrogen-bond acceptors (Lipinski definition) is 3. The molecule has 0 aliphatic carbocycles. The van der Waals surface area contributed by atoms with Crippen LogP contribution in [0.1, 0.15) is 35.7 Å². The van der Waals surface area contributed by atoms with E-state index in [4.69, 9.17) is 16.3 Å². The molecule has 0 fully saturated rings. The Kier molecular flexibility index (Phi) is 4.83. The number of ketones is 1. The van der Waals surface area contributed by atoms with Crippen LogP contribution < -0.4 is 10.1 Å². The van der Waals surface area contributed by atoms with Gasteiger partial charge < -0.3 is 10.1 Å². The lowest BCUT2D eigenvalue weighted by Crippen LogP contribution is -2.37. The first kappa shape index (κ1) is 14.4. The second kappa shape index (κ2) is 6.40. The Morgan fingerprint density at radius 1 is 1.47 bits per heavy atom. The molecule has 104 valence electrons. The summed E-state index contributed by atoms with van der Waals surface area (Å²) >= 11 is 6.08. The lowest BCUT2D eigenvalue weighted by Gasteiger charge is -2.26. The fraction of sp³-hybridized carbons (Fsp3) is 0.533. The van der Waals surface area contributed by atoms with Gasteiger partial charge in [-0.25, -0.2) is 0 Å². The zero-order chi connectivity index (χ0) is 13.8. The number of unbranched alkanes of at least 4 members (excludes halogenated alkanes) is 1. The molecule has 0 spiro atoms. The first-order valence-corrected chi connectivity index (χ1v) is 7.19. The van der Waals surface area contributed by atoms with Crippen LogP contribution in [0.2, 0.25) is 5.02 Å². The van der Waals surface area contributed by atoms with Gasteiger partial charge in [0, 0.05) is 6.54 Å². The van der Waals surface area contributed by atoms with E-state index in [1.807, 2.05) is 13.0 Å². The number of fused-ring (bicyclic) bond motifs is 1. The van der Waals surface area contributed by atoms with E-state index in [-0.39, 0.29) is 11.7 Å². The number of hydrogen-bond donors (Lipinski definition) is 1. The van der Waals surface area contributed by atoms with Gasteiger partial charge in [-0.2, -0.15) is 0 Å². The molecule has 0 bridgehead atoms. The van der Waals surface area contributed by atoms with E-state index in [9.17, 15) is 4.79 Å². The van der Waals surface area contributed by atoms with Crippen LogP contribution in [0.15, 0.2) is 12.1 Å². The van der Waals surface area contributed by atoms with E-state index in [0.717, 1.165) is 24.9 Å². The maximum absolute atomic E-state index is 12.5. The number of ether oxygens (including phenoxy) is 1. The summed E-state index contributed by atoms with van der Waals surface area (Å²) < 4.78 is 5.68. The van der Waals surface area contributed by atoms with E-state index in [0.29, 0.717) is 29.5 Å². The average molecular weight is 282 g/mol. The monoisotopic (exact) mass is 281 g/mol. The predicted molar refractivity (Wildman–Crippen MR) is 77.3 cm³/mol. The molecule has 4 heteroatoms. The van der Waals surface area contributed by atoms with Crippen molar-refractivity contribution in [2.75, 3.05) is 19.7 Å². The van der Waals surface area contributed by atoms with Crippen molar-refractivity contribution in [2.45, 2.75) is 26.7 Å². The molecule has 0 saturated heterocycles. The summed E-state index contributed by atoms with van der Waals surface area (Å²) in [5.74, 6) is 0.586. The van der Waals surface area contributed by atoms with Crippen molar-refractivity contribution < 1.29 is 9.53 Å². The van der Waals surface area contributed by atoms with Crippen LogP contribution in [0.3, 0.4) is 0 Å². The summed E-state index contributed by atoms with van der Waals surface area (Å²) in [5.41, 5.74) is 1.59. The highest BCUT2D eigenvalue weighted by atomic mass is 35.5. The summed E-state index contributed by atoms with van der Waals surface area (Å²) in [4.78, 5) is 12.5. The molecule has 1 atom stereocenters. The number of nitrogens with one attached hydrogen (secondary N) is 1. The molecule has 2 rings (SSSR count). The molecule has 0 saturated carbocycles. The highest BCUT2D eigenvalue weighted by Gasteiger charge is 2.31. The summed E-state index contributed by atoms with van der Waals surface area (Å²) in [6.45, 7) is 6.10. The van der Waals surface area contributed by atoms with Crippen molar-refractivity contribution >= 4 is 17.4 Å². The molecule has 19 heavy (non-hydrogen) atoms. The second-order valence-corrected chi connectivity index (χ2v) is 5.41. The van der Waals surface area contributed by atoms with Gasteiger partial charge in [0.2, 0.25) is 0 Å². The highest BCUT2D eigenvalue weighted by Crippen LogP contribution is 2.36. The third kappa shape index (κ3) is 3.10. The lowest BCUT2D eigenvalue weighted by molar-refractivity contribution is 0.0829. The molecular formula is C15H20ClNO2. The van der Waals surface area contributed by atoms with Gasteiger partial charge in [-0.3, -0.25) is 4.79 Å². The molecule has 1 unspecified atom stereocenters. The van der Waals surface area contributed by atoms with Crippen LogP contribution in [-0.4, -0.2) is 25.5 Å². The van der Waals surface area contributed by atoms with Gasteiger partial charge >= 0.3 is 0 Å². The Hall–Kier alpha value is -1.06. The molecule has 1 aliphatic heterocycles. The van der Waals surface area contributed by atoms with Crippen LogP contribution >= 0.6 is 11.6 Å². The van der Waals surface area contributed by atoms with E-state index in [1.165, 1.54) is 0 Å². The van der Waals surface area contributed by atoms with Gasteiger partial charge in [0.1, 0.15) is 5.75 Å². The largest absolute Gasteiger partial charge is 0.490 e. The normalized spacial score (nSPS) is 18.1. The fourth-order valence-electron chi connectivity index (χ4n) is 2.30. The van der Waals surface area contributed by atoms with Gasteiger partial charge in [0.25, 0.3) is 0 Å². The lowest BCUT2D eigenvalue weighted by atomic mass is 9.92. The number of carbonyl (C=O) groups excluding carboxylic acids is 1. The van der Waals surface area contributed by atoms with Crippen LogP contribution in [0, 0.1) is 12.8 Å². The topological polar surface area (TPSA) is 38.3 Å². The quantitative estimate of drug-likeness (QED) is 0.842. The third-order valence-electron chi connectivity index (χ3n) is 3.46. The zero-order valence-corrected chi connectivity index (χ0v) is 12.2. The van der Waals surface area contributed by atoms with Crippen LogP contribution in [0.25, 0.3) is 0 Å². The molecule has 0 amide bonds. The number of Topliss-reactive ketones (excluding diaryl/α,β-unsaturated/α-hetero) is 1. The third-order valence-corrected chi connectivity index (χ3v) is 3.76. The summed E-state index contributed by atoms with van der Waals surface area (Å²) in [7, 11) is 0. The van der Waals surface area contributed by atoms with Crippen molar-refractivity contribution in [2.24, 2.45) is 5.92 Å². The Labute approximate surface area is 119 Å². The summed E-state index contributed by atoms with van der Waals surface area (Å²) in [5, 5.41) is 3.84. The maximum Gasteiger partial charge on any atom is 0.174 e. The van der Waals surface area contributed by atoms with Crippen molar-refractivity contribution in [3.63, 3.8) is 0 Å². The SMILES string of the molecule is CCCCNCC1COc2c(Cl)ccc(C)c2C1=O. The standard InChI is InChI=1S/C15H20ClNO2/c1-3-4-7-17-8-11-9-19-15-12(16)6-5-10(2)13(15)14(11)18/h5-6,11,17H,3-4,7-9H2,1-2H3. The highest BCUT2D eigenvalue weighted by molar-refractivity contribution is 6.33. The first-order chi connectivity index (χ1) is 9.15. The number of rotatable bonds is 5. The van der Waals surface area contributed by atoms with Crippen LogP contribution in [-0.2, 0) is 0 Å². The summed E-state index contributed by atoms with van der Waals surface area (Å²) in [6, 6.07) is 3.65. The number of carbonyl (C=O) groups is 1. The average Bonchev–Trinajstić information content (AvgIpc) is 2.40. The Balaban J connectivity index is 2.09. The van der Waals surface area contributed by atoms with Crippen LogP contribution in [0.5, 0.6) is 5.75 Å². The number of benzene rings is 1. The molecule has 0 radical (unpaired) electrons. The van der Waals surface area contributed by atoms with Crippen molar-refractivity contribution in [1.82, 2.24) is 5.32 Å².